The summed E-state index contributed by atoms with van der Waals surface area (Å²) in [5.74, 6) is -0.121. The van der Waals surface area contributed by atoms with E-state index < -0.39 is 35.1 Å². The van der Waals surface area contributed by atoms with Crippen molar-refractivity contribution in [2.24, 2.45) is 0 Å². The summed E-state index contributed by atoms with van der Waals surface area (Å²) in [5.41, 5.74) is -0.188. The number of carbonyl (C=O) groups excluding carboxylic acids is 1. The molecule has 8 heteroatoms. The van der Waals surface area contributed by atoms with Gasteiger partial charge in [-0.1, -0.05) is 18.1 Å². The number of aliphatic carboxylic acids is 1. The van der Waals surface area contributed by atoms with E-state index in [9.17, 15) is 18.0 Å². The van der Waals surface area contributed by atoms with E-state index in [1.165, 1.54) is 24.3 Å². The molecule has 21 heavy (non-hydrogen) atoms. The lowest BCUT2D eigenvalue weighted by molar-refractivity contribution is -0.137. The minimum Gasteiger partial charge on any atom is -0.480 e. The molecular formula is C13H13NO6S. The molecule has 0 radical (unpaired) electrons. The average Bonchev–Trinajstić information content (AvgIpc) is 2.45. The molecule has 1 rings (SSSR count). The molecule has 7 nitrogen and oxygen atoms in total. The van der Waals surface area contributed by atoms with E-state index >= 15 is 0 Å². The molecule has 112 valence electrons. The zero-order valence-corrected chi connectivity index (χ0v) is 12.0. The smallest absolute Gasteiger partial charge is 0.339 e. The molecule has 0 unspecified atom stereocenters. The van der Waals surface area contributed by atoms with Gasteiger partial charge in [-0.2, -0.15) is 4.31 Å². The van der Waals surface area contributed by atoms with E-state index in [1.807, 2.05) is 0 Å². The molecule has 0 amide bonds. The van der Waals surface area contributed by atoms with Gasteiger partial charge in [0.1, 0.15) is 6.54 Å². The number of rotatable bonds is 6. The minimum atomic E-state index is -4.23. The number of benzene rings is 1. The third-order valence-corrected chi connectivity index (χ3v) is 4.34. The molecule has 0 aromatic heterocycles. The maximum atomic E-state index is 12.5. The SMILES string of the molecule is C#CCN(CC(=O)O)S(=O)(=O)c1ccccc1C(=O)OC. The van der Waals surface area contributed by atoms with Crippen LogP contribution in [0.25, 0.3) is 0 Å². The van der Waals surface area contributed by atoms with Crippen molar-refractivity contribution < 1.29 is 27.9 Å². The number of hydrogen-bond donors (Lipinski definition) is 1. The average molecular weight is 311 g/mol. The fraction of sp³-hybridized carbons (Fsp3) is 0.231. The predicted molar refractivity (Wildman–Crippen MR) is 73.0 cm³/mol. The first-order valence-corrected chi connectivity index (χ1v) is 7.11. The summed E-state index contributed by atoms with van der Waals surface area (Å²) >= 11 is 0. The van der Waals surface area contributed by atoms with Crippen molar-refractivity contribution in [3.8, 4) is 12.3 Å². The van der Waals surface area contributed by atoms with Crippen molar-refractivity contribution in [2.75, 3.05) is 20.2 Å². The number of carboxylic acid groups (broad SMARTS) is 1. The standard InChI is InChI=1S/C13H13NO6S/c1-3-8-14(9-12(15)16)21(18,19)11-7-5-4-6-10(11)13(17)20-2/h1,4-7H,8-9H2,2H3,(H,15,16). The first-order valence-electron chi connectivity index (χ1n) is 5.67. The van der Waals surface area contributed by atoms with E-state index in [0.717, 1.165) is 7.11 Å². The van der Waals surface area contributed by atoms with Gasteiger partial charge in [0.2, 0.25) is 10.0 Å². The van der Waals surface area contributed by atoms with Crippen LogP contribution in [0.2, 0.25) is 0 Å². The highest BCUT2D eigenvalue weighted by Crippen LogP contribution is 2.20. The summed E-state index contributed by atoms with van der Waals surface area (Å²) in [6.45, 7) is -1.23. The maximum Gasteiger partial charge on any atom is 0.339 e. The Morgan fingerprint density at radius 3 is 2.52 bits per heavy atom. The van der Waals surface area contributed by atoms with E-state index in [4.69, 9.17) is 11.5 Å². The van der Waals surface area contributed by atoms with Gasteiger partial charge in [0.25, 0.3) is 0 Å². The molecule has 0 fully saturated rings. The van der Waals surface area contributed by atoms with Crippen molar-refractivity contribution in [3.63, 3.8) is 0 Å². The van der Waals surface area contributed by atoms with Crippen LogP contribution in [0.4, 0.5) is 0 Å². The van der Waals surface area contributed by atoms with Gasteiger partial charge >= 0.3 is 11.9 Å². The van der Waals surface area contributed by atoms with E-state index in [-0.39, 0.29) is 10.5 Å². The Kier molecular flexibility index (Phi) is 5.46. The topological polar surface area (TPSA) is 101 Å². The minimum absolute atomic E-state index is 0.188. The van der Waals surface area contributed by atoms with Crippen molar-refractivity contribution >= 4 is 22.0 Å². The van der Waals surface area contributed by atoms with Crippen molar-refractivity contribution in [1.29, 1.82) is 0 Å². The van der Waals surface area contributed by atoms with Gasteiger partial charge in [-0.25, -0.2) is 13.2 Å². The van der Waals surface area contributed by atoms with Crippen molar-refractivity contribution in [3.05, 3.63) is 29.8 Å². The molecule has 0 aliphatic carbocycles. The number of carbonyl (C=O) groups is 2. The number of methoxy groups -OCH3 is 1. The van der Waals surface area contributed by atoms with Gasteiger partial charge in [0, 0.05) is 0 Å². The maximum absolute atomic E-state index is 12.5. The van der Waals surface area contributed by atoms with Gasteiger partial charge in [0.15, 0.2) is 0 Å². The highest BCUT2D eigenvalue weighted by molar-refractivity contribution is 7.89. The lowest BCUT2D eigenvalue weighted by Gasteiger charge is -2.19. The molecule has 1 aromatic carbocycles. The summed E-state index contributed by atoms with van der Waals surface area (Å²) < 4.78 is 30.0. The van der Waals surface area contributed by atoms with Crippen LogP contribution in [0.15, 0.2) is 29.2 Å². The van der Waals surface area contributed by atoms with Crippen LogP contribution in [0.5, 0.6) is 0 Å². The number of hydrogen-bond acceptors (Lipinski definition) is 5. The van der Waals surface area contributed by atoms with Crippen molar-refractivity contribution in [2.45, 2.75) is 4.90 Å². The number of carboxylic acids is 1. The first kappa shape index (κ1) is 16.7. The second-order valence-corrected chi connectivity index (χ2v) is 5.77. The zero-order chi connectivity index (χ0) is 16.0. The largest absolute Gasteiger partial charge is 0.480 e. The summed E-state index contributed by atoms with van der Waals surface area (Å²) in [5, 5.41) is 8.78. The lowest BCUT2D eigenvalue weighted by atomic mass is 10.2. The molecule has 0 bridgehead atoms. The molecular weight excluding hydrogens is 298 g/mol. The van der Waals surface area contributed by atoms with Crippen LogP contribution >= 0.6 is 0 Å². The molecule has 0 saturated heterocycles. The number of esters is 1. The molecule has 1 aromatic rings. The molecule has 0 aliphatic rings. The number of ether oxygens (including phenoxy) is 1. The summed E-state index contributed by atoms with van der Waals surface area (Å²) in [6.07, 6.45) is 5.06. The fourth-order valence-corrected chi connectivity index (χ4v) is 3.07. The summed E-state index contributed by atoms with van der Waals surface area (Å²) in [7, 11) is -3.12. The normalized spacial score (nSPS) is 10.9. The summed E-state index contributed by atoms with van der Waals surface area (Å²) in [4.78, 5) is 22.0. The third-order valence-electron chi connectivity index (χ3n) is 2.49. The van der Waals surface area contributed by atoms with Crippen LogP contribution in [0.1, 0.15) is 10.4 Å². The van der Waals surface area contributed by atoms with Gasteiger partial charge in [0.05, 0.1) is 24.1 Å². The second kappa shape index (κ2) is 6.88. The van der Waals surface area contributed by atoms with Crippen LogP contribution in [0, 0.1) is 12.3 Å². The van der Waals surface area contributed by atoms with Crippen LogP contribution in [-0.2, 0) is 19.6 Å². The van der Waals surface area contributed by atoms with Gasteiger partial charge in [-0.05, 0) is 12.1 Å². The Labute approximate surface area is 122 Å². The Balaban J connectivity index is 3.38. The first-order chi connectivity index (χ1) is 9.84. The molecule has 0 spiro atoms. The molecule has 1 N–H and O–H groups in total. The van der Waals surface area contributed by atoms with Gasteiger partial charge < -0.3 is 9.84 Å². The Morgan fingerprint density at radius 2 is 2.00 bits per heavy atom. The number of sulfonamides is 1. The Bertz CT molecular complexity index is 689. The van der Waals surface area contributed by atoms with E-state index in [2.05, 4.69) is 10.7 Å². The molecule has 0 saturated carbocycles. The molecule has 0 aliphatic heterocycles. The zero-order valence-electron chi connectivity index (χ0n) is 11.1. The second-order valence-electron chi connectivity index (χ2n) is 3.86. The van der Waals surface area contributed by atoms with Crippen molar-refractivity contribution in [1.82, 2.24) is 4.31 Å². The van der Waals surface area contributed by atoms with Gasteiger partial charge in [-0.15, -0.1) is 6.42 Å². The summed E-state index contributed by atoms with van der Waals surface area (Å²) in [6, 6.07) is 5.34. The highest BCUT2D eigenvalue weighted by atomic mass is 32.2. The lowest BCUT2D eigenvalue weighted by Crippen LogP contribution is -2.36. The van der Waals surface area contributed by atoms with E-state index in [0.29, 0.717) is 4.31 Å². The fourth-order valence-electron chi connectivity index (χ4n) is 1.59. The quantitative estimate of drug-likeness (QED) is 0.594. The predicted octanol–water partition coefficient (Wildman–Crippen LogP) is 0.182. The Hall–Kier alpha value is -2.37. The number of nitrogens with zero attached hydrogens (tertiary/aromatic N) is 1. The monoisotopic (exact) mass is 311 g/mol. The third kappa shape index (κ3) is 3.81. The highest BCUT2D eigenvalue weighted by Gasteiger charge is 2.30. The molecule has 0 heterocycles. The van der Waals surface area contributed by atoms with Gasteiger partial charge in [-0.3, -0.25) is 4.79 Å². The van der Waals surface area contributed by atoms with Crippen LogP contribution in [0.3, 0.4) is 0 Å². The van der Waals surface area contributed by atoms with Crippen LogP contribution < -0.4 is 0 Å². The van der Waals surface area contributed by atoms with E-state index in [1.54, 1.807) is 0 Å². The van der Waals surface area contributed by atoms with Crippen LogP contribution in [-0.4, -0.2) is 50.0 Å². The Morgan fingerprint density at radius 1 is 1.38 bits per heavy atom. The number of terminal acetylenes is 1. The molecule has 0 atom stereocenters.